The molecule has 0 heterocycles. The highest BCUT2D eigenvalue weighted by atomic mass is 35.5. The van der Waals surface area contributed by atoms with E-state index in [1.54, 1.807) is 39.0 Å². The van der Waals surface area contributed by atoms with Crippen LogP contribution in [0.1, 0.15) is 26.3 Å². The van der Waals surface area contributed by atoms with Gasteiger partial charge in [-0.2, -0.15) is 0 Å². The van der Waals surface area contributed by atoms with E-state index in [1.807, 2.05) is 0 Å². The monoisotopic (exact) mass is 282 g/mol. The fraction of sp³-hybridized carbons (Fsp3) is 0.385. The van der Waals surface area contributed by atoms with Crippen LogP contribution in [0.5, 0.6) is 0 Å². The molecule has 0 spiro atoms. The molecule has 1 rings (SSSR count). The zero-order chi connectivity index (χ0) is 14.5. The molecule has 0 aliphatic carbocycles. The van der Waals surface area contributed by atoms with Crippen molar-refractivity contribution in [3.8, 4) is 0 Å². The maximum Gasteiger partial charge on any atom is 0.412 e. The number of benzene rings is 1. The molecule has 1 amide bonds. The van der Waals surface area contributed by atoms with E-state index < -0.39 is 11.7 Å². The number of nitrogens with one attached hydrogen (secondary N) is 1. The molecule has 0 bridgehead atoms. The number of aliphatic imine (C=N–C) groups is 1. The van der Waals surface area contributed by atoms with Gasteiger partial charge in [-0.1, -0.05) is 17.7 Å². The first kappa shape index (κ1) is 15.2. The third-order valence-corrected chi connectivity index (χ3v) is 2.36. The lowest BCUT2D eigenvalue weighted by Crippen LogP contribution is -2.27. The Labute approximate surface area is 116 Å². The largest absolute Gasteiger partial charge is 0.444 e. The van der Waals surface area contributed by atoms with Gasteiger partial charge in [-0.05, 0) is 38.5 Å². The molecule has 1 aromatic rings. The van der Waals surface area contributed by atoms with Crippen LogP contribution in [0.4, 0.5) is 10.5 Å². The molecule has 0 atom stereocenters. The van der Waals surface area contributed by atoms with Gasteiger partial charge >= 0.3 is 6.09 Å². The summed E-state index contributed by atoms with van der Waals surface area (Å²) < 4.78 is 5.11. The SMILES string of the molecule is CC(C)(C)OC(=O)Nc1ccc(CN=C=O)c(Cl)c1. The van der Waals surface area contributed by atoms with E-state index >= 15 is 0 Å². The Morgan fingerprint density at radius 2 is 2.16 bits per heavy atom. The molecule has 5 nitrogen and oxygen atoms in total. The Morgan fingerprint density at radius 3 is 2.68 bits per heavy atom. The minimum atomic E-state index is -0.563. The highest BCUT2D eigenvalue weighted by Gasteiger charge is 2.16. The standard InChI is InChI=1S/C13H15ClN2O3/c1-13(2,3)19-12(18)16-10-5-4-9(7-15-8-17)11(14)6-10/h4-6H,7H2,1-3H3,(H,16,18). The van der Waals surface area contributed by atoms with E-state index in [1.165, 1.54) is 6.08 Å². The van der Waals surface area contributed by atoms with Gasteiger partial charge in [-0.3, -0.25) is 5.32 Å². The second-order valence-electron chi connectivity index (χ2n) is 4.84. The summed E-state index contributed by atoms with van der Waals surface area (Å²) in [6, 6.07) is 4.91. The van der Waals surface area contributed by atoms with Crippen molar-refractivity contribution in [2.75, 3.05) is 5.32 Å². The lowest BCUT2D eigenvalue weighted by molar-refractivity contribution is 0.0636. The molecule has 0 fully saturated rings. The normalized spacial score (nSPS) is 10.5. The Hall–Kier alpha value is -1.84. The van der Waals surface area contributed by atoms with Gasteiger partial charge < -0.3 is 4.74 Å². The molecular weight excluding hydrogens is 268 g/mol. The van der Waals surface area contributed by atoms with E-state index in [0.717, 1.165) is 0 Å². The zero-order valence-electron chi connectivity index (χ0n) is 11.0. The van der Waals surface area contributed by atoms with Crippen LogP contribution >= 0.6 is 11.6 Å². The smallest absolute Gasteiger partial charge is 0.412 e. The average molecular weight is 283 g/mol. The second-order valence-corrected chi connectivity index (χ2v) is 5.25. The number of carbonyl (C=O) groups is 1. The van der Waals surface area contributed by atoms with Gasteiger partial charge in [0.25, 0.3) is 0 Å². The van der Waals surface area contributed by atoms with Crippen LogP contribution in [0.25, 0.3) is 0 Å². The Morgan fingerprint density at radius 1 is 1.47 bits per heavy atom. The van der Waals surface area contributed by atoms with E-state index in [0.29, 0.717) is 16.3 Å². The number of hydrogen-bond acceptors (Lipinski definition) is 4. The van der Waals surface area contributed by atoms with Crippen molar-refractivity contribution in [1.29, 1.82) is 0 Å². The molecule has 1 N–H and O–H groups in total. The topological polar surface area (TPSA) is 67.8 Å². The van der Waals surface area contributed by atoms with Crippen LogP contribution in [0.3, 0.4) is 0 Å². The number of carbonyl (C=O) groups excluding carboxylic acids is 2. The second kappa shape index (κ2) is 6.36. The quantitative estimate of drug-likeness (QED) is 0.681. The molecule has 0 aliphatic heterocycles. The van der Waals surface area contributed by atoms with Crippen molar-refractivity contribution in [3.63, 3.8) is 0 Å². The maximum atomic E-state index is 11.6. The number of rotatable bonds is 3. The lowest BCUT2D eigenvalue weighted by Gasteiger charge is -2.19. The lowest BCUT2D eigenvalue weighted by atomic mass is 10.2. The molecule has 102 valence electrons. The summed E-state index contributed by atoms with van der Waals surface area (Å²) in [5.41, 5.74) is 0.629. The summed E-state index contributed by atoms with van der Waals surface area (Å²) in [5.74, 6) is 0. The molecule has 0 aromatic heterocycles. The summed E-state index contributed by atoms with van der Waals surface area (Å²) in [7, 11) is 0. The predicted octanol–water partition coefficient (Wildman–Crippen LogP) is 3.52. The van der Waals surface area contributed by atoms with Gasteiger partial charge in [0.1, 0.15) is 5.60 Å². The maximum absolute atomic E-state index is 11.6. The summed E-state index contributed by atoms with van der Waals surface area (Å²) in [5, 5.41) is 2.98. The van der Waals surface area contributed by atoms with Crippen molar-refractivity contribution in [1.82, 2.24) is 0 Å². The molecule has 0 saturated carbocycles. The fourth-order valence-electron chi connectivity index (χ4n) is 1.29. The Bertz CT molecular complexity index is 517. The van der Waals surface area contributed by atoms with Crippen LogP contribution in [0, 0.1) is 0 Å². The third-order valence-electron chi connectivity index (χ3n) is 2.01. The van der Waals surface area contributed by atoms with Crippen molar-refractivity contribution in [2.45, 2.75) is 32.9 Å². The molecule has 1 aromatic carbocycles. The minimum absolute atomic E-state index is 0.162. The van der Waals surface area contributed by atoms with Crippen LogP contribution in [0.2, 0.25) is 5.02 Å². The number of halogens is 1. The van der Waals surface area contributed by atoms with Gasteiger partial charge in [-0.25, -0.2) is 14.6 Å². The number of anilines is 1. The summed E-state index contributed by atoms with van der Waals surface area (Å²) in [4.78, 5) is 25.0. The molecule has 0 aliphatic rings. The van der Waals surface area contributed by atoms with Crippen molar-refractivity contribution < 1.29 is 14.3 Å². The number of amides is 1. The first-order valence-corrected chi connectivity index (χ1v) is 6.01. The number of hydrogen-bond donors (Lipinski definition) is 1. The molecule has 0 saturated heterocycles. The Balaban J connectivity index is 2.73. The predicted molar refractivity (Wildman–Crippen MR) is 73.1 cm³/mol. The third kappa shape index (κ3) is 5.55. The highest BCUT2D eigenvalue weighted by molar-refractivity contribution is 6.31. The van der Waals surface area contributed by atoms with Crippen molar-refractivity contribution in [3.05, 3.63) is 28.8 Å². The van der Waals surface area contributed by atoms with Gasteiger partial charge in [0.2, 0.25) is 6.08 Å². The Kier molecular flexibility index (Phi) is 5.10. The van der Waals surface area contributed by atoms with Crippen molar-refractivity contribution in [2.24, 2.45) is 4.99 Å². The van der Waals surface area contributed by atoms with E-state index in [-0.39, 0.29) is 6.54 Å². The van der Waals surface area contributed by atoms with E-state index in [9.17, 15) is 9.59 Å². The molecule has 19 heavy (non-hydrogen) atoms. The van der Waals surface area contributed by atoms with Crippen molar-refractivity contribution >= 4 is 29.5 Å². The number of ether oxygens (including phenoxy) is 1. The molecule has 0 radical (unpaired) electrons. The van der Waals surface area contributed by atoms with Crippen LogP contribution in [-0.2, 0) is 16.1 Å². The van der Waals surface area contributed by atoms with Crippen LogP contribution in [-0.4, -0.2) is 17.8 Å². The van der Waals surface area contributed by atoms with E-state index in [2.05, 4.69) is 10.3 Å². The summed E-state index contributed by atoms with van der Waals surface area (Å²) in [6.07, 6.45) is 0.889. The van der Waals surface area contributed by atoms with Gasteiger partial charge in [0.05, 0.1) is 6.54 Å². The van der Waals surface area contributed by atoms with Gasteiger partial charge in [-0.15, -0.1) is 0 Å². The molecular formula is C13H15ClN2O3. The summed E-state index contributed by atoms with van der Waals surface area (Å²) in [6.45, 7) is 5.50. The first-order chi connectivity index (χ1) is 8.81. The number of nitrogens with zero attached hydrogens (tertiary/aromatic N) is 1. The fourth-order valence-corrected chi connectivity index (χ4v) is 1.53. The zero-order valence-corrected chi connectivity index (χ0v) is 11.7. The van der Waals surface area contributed by atoms with Gasteiger partial charge in [0.15, 0.2) is 0 Å². The van der Waals surface area contributed by atoms with E-state index in [4.69, 9.17) is 16.3 Å². The van der Waals surface area contributed by atoms with Gasteiger partial charge in [0, 0.05) is 10.7 Å². The number of isocyanates is 1. The first-order valence-electron chi connectivity index (χ1n) is 5.64. The highest BCUT2D eigenvalue weighted by Crippen LogP contribution is 2.22. The summed E-state index contributed by atoms with van der Waals surface area (Å²) >= 11 is 6.00. The van der Waals surface area contributed by atoms with Crippen LogP contribution in [0.15, 0.2) is 23.2 Å². The van der Waals surface area contributed by atoms with Crippen LogP contribution < -0.4 is 5.32 Å². The minimum Gasteiger partial charge on any atom is -0.444 e. The molecule has 6 heteroatoms. The average Bonchev–Trinajstić information content (AvgIpc) is 2.25. The molecule has 0 unspecified atom stereocenters.